The highest BCUT2D eigenvalue weighted by Gasteiger charge is 2.38. The number of benzene rings is 1. The van der Waals surface area contributed by atoms with Crippen LogP contribution in [0.1, 0.15) is 25.2 Å². The van der Waals surface area contributed by atoms with Gasteiger partial charge in [0.2, 0.25) is 5.95 Å². The largest absolute Gasteiger partial charge is 0.494 e. The second kappa shape index (κ2) is 11.2. The molecule has 3 aromatic heterocycles. The van der Waals surface area contributed by atoms with Gasteiger partial charge in [-0.2, -0.15) is 4.98 Å². The lowest BCUT2D eigenvalue weighted by molar-refractivity contribution is -0.384. The van der Waals surface area contributed by atoms with Gasteiger partial charge in [0.15, 0.2) is 0 Å². The molecule has 1 aliphatic rings. The zero-order valence-corrected chi connectivity index (χ0v) is 25.0. The van der Waals surface area contributed by atoms with E-state index in [4.69, 9.17) is 14.7 Å². The number of nitro benzene ring substituents is 1. The van der Waals surface area contributed by atoms with Gasteiger partial charge >= 0.3 is 0 Å². The quantitative estimate of drug-likeness (QED) is 0.214. The van der Waals surface area contributed by atoms with E-state index >= 15 is 0 Å². The highest BCUT2D eigenvalue weighted by Crippen LogP contribution is 2.43. The minimum Gasteiger partial charge on any atom is -0.494 e. The van der Waals surface area contributed by atoms with Crippen LogP contribution >= 0.6 is 0 Å². The molecule has 0 aliphatic carbocycles. The fraction of sp³-hybridized carbons (Fsp3) is 0.379. The SMILES string of the molecule is COc1cc(N(C)CCN(C)C)c([N+](=O)[O-])cc1Nc1nccc(N2CC(C)(C)c3nc(-n4cnc(C)c4)ccc32)n1. The lowest BCUT2D eigenvalue weighted by Crippen LogP contribution is -2.29. The molecule has 13 heteroatoms. The third-order valence-electron chi connectivity index (χ3n) is 7.27. The molecule has 0 atom stereocenters. The molecule has 1 aromatic carbocycles. The lowest BCUT2D eigenvalue weighted by Gasteiger charge is -2.23. The molecule has 4 aromatic rings. The van der Waals surface area contributed by atoms with Crippen molar-refractivity contribution in [1.29, 1.82) is 0 Å². The van der Waals surface area contributed by atoms with Crippen molar-refractivity contribution >= 4 is 34.5 Å². The van der Waals surface area contributed by atoms with Gasteiger partial charge in [0.1, 0.15) is 29.4 Å². The third-order valence-corrected chi connectivity index (χ3v) is 7.27. The van der Waals surface area contributed by atoms with Crippen molar-refractivity contribution in [1.82, 2.24) is 29.4 Å². The molecule has 0 amide bonds. The van der Waals surface area contributed by atoms with Crippen LogP contribution in [-0.2, 0) is 5.41 Å². The summed E-state index contributed by atoms with van der Waals surface area (Å²) in [6, 6.07) is 8.99. The zero-order valence-electron chi connectivity index (χ0n) is 25.0. The third kappa shape index (κ3) is 5.68. The summed E-state index contributed by atoms with van der Waals surface area (Å²) in [7, 11) is 7.28. The number of fused-ring (bicyclic) bond motifs is 1. The van der Waals surface area contributed by atoms with Crippen LogP contribution in [0.4, 0.5) is 34.5 Å². The molecular weight excluding hydrogens is 536 g/mol. The number of likely N-dealkylation sites (N-methyl/N-ethyl adjacent to an activating group) is 2. The van der Waals surface area contributed by atoms with E-state index in [1.54, 1.807) is 18.6 Å². The average molecular weight is 573 g/mol. The van der Waals surface area contributed by atoms with Crippen molar-refractivity contribution < 1.29 is 9.66 Å². The summed E-state index contributed by atoms with van der Waals surface area (Å²) in [4.78, 5) is 36.1. The summed E-state index contributed by atoms with van der Waals surface area (Å²) in [5.74, 6) is 2.22. The Morgan fingerprint density at radius 3 is 2.55 bits per heavy atom. The van der Waals surface area contributed by atoms with Gasteiger partial charge in [-0.3, -0.25) is 14.7 Å². The molecule has 1 N–H and O–H groups in total. The highest BCUT2D eigenvalue weighted by molar-refractivity contribution is 5.77. The predicted octanol–water partition coefficient (Wildman–Crippen LogP) is 4.45. The Bertz CT molecular complexity index is 1620. The molecule has 0 fully saturated rings. The second-order valence-electron chi connectivity index (χ2n) is 11.3. The van der Waals surface area contributed by atoms with Gasteiger partial charge in [0.05, 0.1) is 34.8 Å². The van der Waals surface area contributed by atoms with Crippen molar-refractivity contribution in [2.24, 2.45) is 0 Å². The zero-order chi connectivity index (χ0) is 30.2. The maximum absolute atomic E-state index is 12.0. The number of aryl methyl sites for hydroxylation is 1. The van der Waals surface area contributed by atoms with Crippen LogP contribution in [0.3, 0.4) is 0 Å². The number of nitro groups is 1. The number of anilines is 5. The number of rotatable bonds is 10. The van der Waals surface area contributed by atoms with Crippen molar-refractivity contribution in [3.63, 3.8) is 0 Å². The molecule has 0 unspecified atom stereocenters. The number of methoxy groups -OCH3 is 1. The van der Waals surface area contributed by atoms with Crippen LogP contribution in [0.15, 0.2) is 49.1 Å². The topological polar surface area (TPSA) is 131 Å². The number of pyridine rings is 1. The van der Waals surface area contributed by atoms with Crippen LogP contribution in [0.2, 0.25) is 0 Å². The molecule has 13 nitrogen and oxygen atoms in total. The van der Waals surface area contributed by atoms with Crippen LogP contribution in [-0.4, -0.2) is 82.2 Å². The first kappa shape index (κ1) is 28.7. The normalized spacial score (nSPS) is 13.8. The first-order valence-corrected chi connectivity index (χ1v) is 13.6. The van der Waals surface area contributed by atoms with E-state index in [2.05, 4.69) is 40.1 Å². The molecule has 0 radical (unpaired) electrons. The summed E-state index contributed by atoms with van der Waals surface area (Å²) in [6.07, 6.45) is 5.37. The first-order valence-electron chi connectivity index (χ1n) is 13.6. The summed E-state index contributed by atoms with van der Waals surface area (Å²) >= 11 is 0. The van der Waals surface area contributed by atoms with Gasteiger partial charge in [0, 0.05) is 56.6 Å². The summed E-state index contributed by atoms with van der Waals surface area (Å²) in [6.45, 7) is 8.28. The number of ether oxygens (including phenoxy) is 1. The van der Waals surface area contributed by atoms with Crippen molar-refractivity contribution in [2.45, 2.75) is 26.2 Å². The molecule has 0 saturated heterocycles. The molecule has 220 valence electrons. The molecule has 4 heterocycles. The highest BCUT2D eigenvalue weighted by atomic mass is 16.6. The van der Waals surface area contributed by atoms with Gasteiger partial charge in [-0.25, -0.2) is 15.0 Å². The van der Waals surface area contributed by atoms with Gasteiger partial charge in [-0.15, -0.1) is 0 Å². The van der Waals surface area contributed by atoms with Crippen molar-refractivity contribution in [2.75, 3.05) is 63.0 Å². The van der Waals surface area contributed by atoms with E-state index in [1.165, 1.54) is 13.2 Å². The molecular formula is C29H36N10O3. The maximum atomic E-state index is 12.0. The van der Waals surface area contributed by atoms with Gasteiger partial charge in [0.25, 0.3) is 5.69 Å². The Morgan fingerprint density at radius 2 is 1.88 bits per heavy atom. The van der Waals surface area contributed by atoms with E-state index < -0.39 is 0 Å². The Morgan fingerprint density at radius 1 is 1.10 bits per heavy atom. The minimum absolute atomic E-state index is 0.0408. The van der Waals surface area contributed by atoms with E-state index in [1.807, 2.05) is 60.8 Å². The maximum Gasteiger partial charge on any atom is 0.294 e. The van der Waals surface area contributed by atoms with E-state index in [-0.39, 0.29) is 16.0 Å². The van der Waals surface area contributed by atoms with Gasteiger partial charge in [-0.1, -0.05) is 13.8 Å². The summed E-state index contributed by atoms with van der Waals surface area (Å²) in [5, 5.41) is 15.2. The Labute approximate surface area is 245 Å². The van der Waals surface area contributed by atoms with Gasteiger partial charge < -0.3 is 24.8 Å². The van der Waals surface area contributed by atoms with Gasteiger partial charge in [-0.05, 0) is 39.2 Å². The standard InChI is InChI=1S/C29H36N10O3/c1-19-16-37(18-31-19)25-9-8-21-27(33-25)29(2,3)17-38(21)26-10-11-30-28(34-26)32-20-14-23(39(40)41)22(15-24(20)42-7)36(6)13-12-35(4)5/h8-11,14-16,18H,12-13,17H2,1-7H3,(H,30,32,34). The van der Waals surface area contributed by atoms with Crippen LogP contribution in [0.25, 0.3) is 5.82 Å². The van der Waals surface area contributed by atoms with Crippen molar-refractivity contribution in [3.05, 3.63) is 70.6 Å². The molecule has 1 aliphatic heterocycles. The number of hydrogen-bond acceptors (Lipinski definition) is 11. The monoisotopic (exact) mass is 572 g/mol. The number of aromatic nitrogens is 5. The van der Waals surface area contributed by atoms with E-state index in [9.17, 15) is 10.1 Å². The Balaban J connectivity index is 1.45. The molecule has 5 rings (SSSR count). The number of nitrogens with one attached hydrogen (secondary N) is 1. The Kier molecular flexibility index (Phi) is 7.69. The number of nitrogens with zero attached hydrogens (tertiary/aromatic N) is 9. The molecule has 0 spiro atoms. The number of imidazole rings is 1. The fourth-order valence-corrected chi connectivity index (χ4v) is 5.03. The molecule has 0 saturated carbocycles. The summed E-state index contributed by atoms with van der Waals surface area (Å²) < 4.78 is 7.53. The van der Waals surface area contributed by atoms with Crippen LogP contribution in [0, 0.1) is 17.0 Å². The minimum atomic E-state index is -0.390. The fourth-order valence-electron chi connectivity index (χ4n) is 5.03. The van der Waals surface area contributed by atoms with E-state index in [0.29, 0.717) is 42.0 Å². The second-order valence-corrected chi connectivity index (χ2v) is 11.3. The molecule has 42 heavy (non-hydrogen) atoms. The Hall–Kier alpha value is -4.78. The van der Waals surface area contributed by atoms with E-state index in [0.717, 1.165) is 29.4 Å². The van der Waals surface area contributed by atoms with Crippen LogP contribution < -0.4 is 19.9 Å². The molecule has 0 bridgehead atoms. The predicted molar refractivity (Wildman–Crippen MR) is 163 cm³/mol. The lowest BCUT2D eigenvalue weighted by atomic mass is 9.91. The van der Waals surface area contributed by atoms with Crippen LogP contribution in [0.5, 0.6) is 5.75 Å². The smallest absolute Gasteiger partial charge is 0.294 e. The first-order chi connectivity index (χ1) is 20.0. The number of hydrogen-bond donors (Lipinski definition) is 1. The van der Waals surface area contributed by atoms with Crippen molar-refractivity contribution in [3.8, 4) is 11.6 Å². The summed E-state index contributed by atoms with van der Waals surface area (Å²) in [5.41, 5.74) is 3.43. The average Bonchev–Trinajstić information content (AvgIpc) is 3.51.